The zero-order chi connectivity index (χ0) is 13.1. The average Bonchev–Trinajstić information content (AvgIpc) is 2.70. The molecular formula is C12H15F2N3O. The molecule has 2 aromatic rings. The van der Waals surface area contributed by atoms with Gasteiger partial charge in [-0.25, -0.2) is 13.8 Å². The first-order chi connectivity index (χ1) is 8.63. The molecule has 0 saturated carbocycles. The maximum Gasteiger partial charge on any atom is 0.161 e. The van der Waals surface area contributed by atoms with E-state index in [4.69, 9.17) is 5.11 Å². The Labute approximate surface area is 103 Å². The molecule has 0 aliphatic rings. The summed E-state index contributed by atoms with van der Waals surface area (Å²) >= 11 is 0. The molecule has 98 valence electrons. The van der Waals surface area contributed by atoms with Gasteiger partial charge in [-0.05, 0) is 6.54 Å². The topological polar surface area (TPSA) is 52.1 Å². The molecule has 0 atom stereocenters. The highest BCUT2D eigenvalue weighted by Crippen LogP contribution is 2.16. The highest BCUT2D eigenvalue weighted by atomic mass is 19.2. The minimum Gasteiger partial charge on any atom is -0.395 e. The first kappa shape index (κ1) is 12.9. The molecule has 6 heteroatoms. The van der Waals surface area contributed by atoms with Crippen molar-refractivity contribution in [2.45, 2.75) is 13.5 Å². The van der Waals surface area contributed by atoms with Crippen molar-refractivity contribution < 1.29 is 13.9 Å². The zero-order valence-corrected chi connectivity index (χ0v) is 10.1. The number of hydrogen-bond donors (Lipinski definition) is 2. The monoisotopic (exact) mass is 255 g/mol. The number of hydrogen-bond acceptors (Lipinski definition) is 3. The van der Waals surface area contributed by atoms with Crippen LogP contribution in [0.15, 0.2) is 12.1 Å². The molecule has 4 nitrogen and oxygen atoms in total. The third-order valence-corrected chi connectivity index (χ3v) is 2.81. The normalized spacial score (nSPS) is 11.6. The van der Waals surface area contributed by atoms with Crippen molar-refractivity contribution in [3.8, 4) is 0 Å². The summed E-state index contributed by atoms with van der Waals surface area (Å²) in [5.74, 6) is -1.16. The van der Waals surface area contributed by atoms with E-state index < -0.39 is 11.6 Å². The number of nitrogens with one attached hydrogen (secondary N) is 1. The van der Waals surface area contributed by atoms with Crippen LogP contribution in [0.1, 0.15) is 12.7 Å². The number of nitrogens with zero attached hydrogens (tertiary/aromatic N) is 2. The summed E-state index contributed by atoms with van der Waals surface area (Å²) in [5.41, 5.74) is 0.882. The molecular weight excluding hydrogens is 240 g/mol. The van der Waals surface area contributed by atoms with Gasteiger partial charge in [0.15, 0.2) is 11.6 Å². The van der Waals surface area contributed by atoms with Gasteiger partial charge in [-0.2, -0.15) is 0 Å². The molecule has 0 saturated heterocycles. The molecule has 0 fully saturated rings. The molecule has 1 heterocycles. The van der Waals surface area contributed by atoms with Crippen molar-refractivity contribution in [2.75, 3.05) is 19.7 Å². The van der Waals surface area contributed by atoms with Gasteiger partial charge in [-0.15, -0.1) is 0 Å². The summed E-state index contributed by atoms with van der Waals surface area (Å²) in [4.78, 5) is 9.12. The standard InChI is InChI=1S/C12H15F2N3O/c1-2-17(3-4-18)7-12-15-10-5-8(13)9(14)6-11(10)16-12/h5-6,18H,2-4,7H2,1H3,(H,15,16). The maximum absolute atomic E-state index is 13.0. The van der Waals surface area contributed by atoms with Crippen LogP contribution in [0.25, 0.3) is 11.0 Å². The second-order valence-corrected chi connectivity index (χ2v) is 4.06. The minimum absolute atomic E-state index is 0.0668. The zero-order valence-electron chi connectivity index (χ0n) is 10.1. The Balaban J connectivity index is 2.24. The summed E-state index contributed by atoms with van der Waals surface area (Å²) in [6.07, 6.45) is 0. The van der Waals surface area contributed by atoms with Gasteiger partial charge in [-0.1, -0.05) is 6.92 Å². The first-order valence-electron chi connectivity index (χ1n) is 5.81. The lowest BCUT2D eigenvalue weighted by Crippen LogP contribution is -2.26. The first-order valence-corrected chi connectivity index (χ1v) is 5.81. The van der Waals surface area contributed by atoms with Gasteiger partial charge in [0.05, 0.1) is 24.2 Å². The van der Waals surface area contributed by atoms with Gasteiger partial charge in [0, 0.05) is 18.7 Å². The fourth-order valence-corrected chi connectivity index (χ4v) is 1.83. The van der Waals surface area contributed by atoms with Crippen molar-refractivity contribution in [1.29, 1.82) is 0 Å². The van der Waals surface area contributed by atoms with E-state index in [0.717, 1.165) is 18.7 Å². The lowest BCUT2D eigenvalue weighted by Gasteiger charge is -2.16. The molecule has 0 aliphatic carbocycles. The number of halogens is 2. The Hall–Kier alpha value is -1.53. The number of imidazole rings is 1. The Morgan fingerprint density at radius 2 is 2.06 bits per heavy atom. The van der Waals surface area contributed by atoms with Crippen molar-refractivity contribution >= 4 is 11.0 Å². The van der Waals surface area contributed by atoms with Gasteiger partial charge >= 0.3 is 0 Å². The molecule has 0 unspecified atom stereocenters. The van der Waals surface area contributed by atoms with Crippen LogP contribution >= 0.6 is 0 Å². The quantitative estimate of drug-likeness (QED) is 0.854. The number of aromatic amines is 1. The van der Waals surface area contributed by atoms with Crippen LogP contribution in [0.2, 0.25) is 0 Å². The Bertz CT molecular complexity index is 502. The maximum atomic E-state index is 13.0. The summed E-state index contributed by atoms with van der Waals surface area (Å²) < 4.78 is 26.1. The van der Waals surface area contributed by atoms with Gasteiger partial charge in [0.25, 0.3) is 0 Å². The van der Waals surface area contributed by atoms with Crippen LogP contribution in [0, 0.1) is 11.6 Å². The van der Waals surface area contributed by atoms with E-state index in [0.29, 0.717) is 29.9 Å². The highest BCUT2D eigenvalue weighted by molar-refractivity contribution is 5.75. The SMILES string of the molecule is CCN(CCO)Cc1nc2cc(F)c(F)cc2[nH]1. The lowest BCUT2D eigenvalue weighted by atomic mass is 10.3. The average molecular weight is 255 g/mol. The van der Waals surface area contributed by atoms with Gasteiger partial charge in [0.1, 0.15) is 5.82 Å². The van der Waals surface area contributed by atoms with Crippen molar-refractivity contribution in [1.82, 2.24) is 14.9 Å². The number of H-pyrrole nitrogens is 1. The smallest absolute Gasteiger partial charge is 0.161 e. The van der Waals surface area contributed by atoms with Gasteiger partial charge in [-0.3, -0.25) is 4.90 Å². The number of likely N-dealkylation sites (N-methyl/N-ethyl adjacent to an activating group) is 1. The van der Waals surface area contributed by atoms with E-state index in [-0.39, 0.29) is 6.61 Å². The summed E-state index contributed by atoms with van der Waals surface area (Å²) in [6, 6.07) is 2.18. The Morgan fingerprint density at radius 1 is 1.33 bits per heavy atom. The molecule has 0 amide bonds. The van der Waals surface area contributed by atoms with Crippen LogP contribution in [0.3, 0.4) is 0 Å². The van der Waals surface area contributed by atoms with Gasteiger partial charge in [0.2, 0.25) is 0 Å². The van der Waals surface area contributed by atoms with E-state index in [1.807, 2.05) is 11.8 Å². The van der Waals surface area contributed by atoms with Crippen LogP contribution in [-0.4, -0.2) is 39.7 Å². The molecule has 1 aromatic heterocycles. The molecule has 0 spiro atoms. The predicted molar refractivity (Wildman–Crippen MR) is 64.0 cm³/mol. The van der Waals surface area contributed by atoms with E-state index >= 15 is 0 Å². The number of aliphatic hydroxyl groups excluding tert-OH is 1. The van der Waals surface area contributed by atoms with Crippen molar-refractivity contribution in [3.63, 3.8) is 0 Å². The molecule has 0 aliphatic heterocycles. The minimum atomic E-state index is -0.900. The summed E-state index contributed by atoms with van der Waals surface area (Å²) in [6.45, 7) is 3.85. The van der Waals surface area contributed by atoms with Crippen LogP contribution in [0.4, 0.5) is 8.78 Å². The number of benzene rings is 1. The van der Waals surface area contributed by atoms with Crippen LogP contribution in [-0.2, 0) is 6.54 Å². The van der Waals surface area contributed by atoms with Crippen LogP contribution in [0.5, 0.6) is 0 Å². The molecule has 1 aromatic carbocycles. The second kappa shape index (κ2) is 5.41. The van der Waals surface area contributed by atoms with E-state index in [1.54, 1.807) is 0 Å². The highest BCUT2D eigenvalue weighted by Gasteiger charge is 2.10. The van der Waals surface area contributed by atoms with E-state index in [1.165, 1.54) is 0 Å². The summed E-state index contributed by atoms with van der Waals surface area (Å²) in [7, 11) is 0. The number of aliphatic hydroxyl groups is 1. The second-order valence-electron chi connectivity index (χ2n) is 4.06. The number of aromatic nitrogens is 2. The number of rotatable bonds is 5. The largest absolute Gasteiger partial charge is 0.395 e. The fraction of sp³-hybridized carbons (Fsp3) is 0.417. The van der Waals surface area contributed by atoms with Gasteiger partial charge < -0.3 is 10.1 Å². The van der Waals surface area contributed by atoms with Crippen molar-refractivity contribution in [2.24, 2.45) is 0 Å². The summed E-state index contributed by atoms with van der Waals surface area (Å²) in [5, 5.41) is 8.89. The Morgan fingerprint density at radius 3 is 2.72 bits per heavy atom. The lowest BCUT2D eigenvalue weighted by molar-refractivity contribution is 0.194. The molecule has 2 N–H and O–H groups in total. The third-order valence-electron chi connectivity index (χ3n) is 2.81. The van der Waals surface area contributed by atoms with Crippen LogP contribution < -0.4 is 0 Å². The molecule has 0 radical (unpaired) electrons. The third kappa shape index (κ3) is 2.65. The predicted octanol–water partition coefficient (Wildman–Crippen LogP) is 1.66. The van der Waals surface area contributed by atoms with E-state index in [2.05, 4.69) is 9.97 Å². The molecule has 18 heavy (non-hydrogen) atoms. The fourth-order valence-electron chi connectivity index (χ4n) is 1.83. The van der Waals surface area contributed by atoms with Crippen molar-refractivity contribution in [3.05, 3.63) is 29.6 Å². The Kier molecular flexibility index (Phi) is 3.88. The molecule has 0 bridgehead atoms. The molecule has 2 rings (SSSR count). The number of fused-ring (bicyclic) bond motifs is 1. The van der Waals surface area contributed by atoms with E-state index in [9.17, 15) is 8.78 Å².